The van der Waals surface area contributed by atoms with Crippen LogP contribution >= 0.6 is 0 Å². The van der Waals surface area contributed by atoms with Gasteiger partial charge in [0.15, 0.2) is 0 Å². The second-order valence-electron chi connectivity index (χ2n) is 14.8. The molecule has 316 valence electrons. The van der Waals surface area contributed by atoms with Gasteiger partial charge in [0.1, 0.15) is 25.7 Å². The number of hydrogen-bond donors (Lipinski definition) is 5. The van der Waals surface area contributed by atoms with Crippen molar-refractivity contribution in [3.63, 3.8) is 0 Å². The van der Waals surface area contributed by atoms with Gasteiger partial charge in [0.2, 0.25) is 0 Å². The fraction of sp³-hybridized carbons (Fsp3) is 0.378. The molecular weight excluding hydrogens is 773 g/mol. The van der Waals surface area contributed by atoms with Gasteiger partial charge in [-0.15, -0.1) is 0 Å². The Morgan fingerprint density at radius 2 is 1.37 bits per heavy atom. The van der Waals surface area contributed by atoms with Gasteiger partial charge in [0.05, 0.1) is 60.7 Å². The topological polar surface area (TPSA) is 223 Å². The smallest absolute Gasteiger partial charge is 0.335 e. The van der Waals surface area contributed by atoms with Crippen LogP contribution in [0.15, 0.2) is 48.6 Å². The Balaban J connectivity index is 1.69. The van der Waals surface area contributed by atoms with E-state index in [0.717, 1.165) is 44.4 Å². The average Bonchev–Trinajstić information content (AvgIpc) is 3.89. The van der Waals surface area contributed by atoms with E-state index in [2.05, 4.69) is 16.5 Å². The Bertz CT molecular complexity index is 2510. The standard InChI is InChI=1S/C45H50N4O11/c1-7-27-24(2)33-21-38-31-11-8-30(43(55)60-19-16-52)42(44(56)57-6)45(31,5)39(49-38)23-34-26(4)29(10-13-41(54)59-18-15-51)37(48-34)22-36-28(9-12-40(53)58-17-14-50)25(3)32(47-36)20-35(27)46-33/h7-8,11,20-23,42,46,48,50-52H,1,9-10,12-19H2,2-6H3/t42-,45+/m1/s1. The highest BCUT2D eigenvalue weighted by molar-refractivity contribution is 6.02. The number of aromatic nitrogens is 4. The number of aryl methyl sites for hydroxylation is 3. The minimum absolute atomic E-state index is 0.000591. The molecule has 3 aromatic heterocycles. The number of hydrogen-bond acceptors (Lipinski definition) is 13. The summed E-state index contributed by atoms with van der Waals surface area (Å²) in [5.41, 5.74) is 9.13. The molecule has 8 bridgehead atoms. The van der Waals surface area contributed by atoms with E-state index in [-0.39, 0.29) is 64.3 Å². The van der Waals surface area contributed by atoms with E-state index in [1.54, 1.807) is 12.2 Å². The van der Waals surface area contributed by atoms with Crippen molar-refractivity contribution in [1.82, 2.24) is 19.9 Å². The molecular formula is C45H50N4O11. The molecule has 0 saturated heterocycles. The van der Waals surface area contributed by atoms with E-state index in [1.165, 1.54) is 13.2 Å². The first-order valence-corrected chi connectivity index (χ1v) is 19.7. The first-order valence-electron chi connectivity index (χ1n) is 19.7. The number of aliphatic hydroxyl groups is 3. The number of fused-ring (bicyclic) bond motifs is 11. The lowest BCUT2D eigenvalue weighted by Gasteiger charge is -2.36. The van der Waals surface area contributed by atoms with Crippen molar-refractivity contribution in [2.75, 3.05) is 46.8 Å². The van der Waals surface area contributed by atoms with Crippen molar-refractivity contribution in [2.24, 2.45) is 5.92 Å². The van der Waals surface area contributed by atoms with E-state index in [9.17, 15) is 34.5 Å². The van der Waals surface area contributed by atoms with E-state index < -0.39 is 41.8 Å². The van der Waals surface area contributed by atoms with Gasteiger partial charge in [-0.05, 0) is 98.2 Å². The van der Waals surface area contributed by atoms with Gasteiger partial charge in [0.25, 0.3) is 0 Å². The zero-order valence-corrected chi connectivity index (χ0v) is 34.4. The van der Waals surface area contributed by atoms with Crippen LogP contribution in [0.2, 0.25) is 0 Å². The van der Waals surface area contributed by atoms with E-state index in [4.69, 9.17) is 28.9 Å². The molecule has 5 heterocycles. The molecule has 0 spiro atoms. The lowest BCUT2D eigenvalue weighted by Crippen LogP contribution is -2.42. The van der Waals surface area contributed by atoms with Crippen LogP contribution in [-0.2, 0) is 50.0 Å². The van der Waals surface area contributed by atoms with Gasteiger partial charge < -0.3 is 44.2 Å². The SMILES string of the molecule is C=Cc1c(C)c2cc3nc(cc4[nH]c(cc5nc(cc1[nH]2)C(C)=C5CCC(=O)OCCO)c(CCC(=O)OCCO)c4C)[C@]1(C)C3=CC=C(C(=O)OCCO)[C@@H]1C(=O)OC. The molecule has 15 nitrogen and oxygen atoms in total. The Morgan fingerprint density at radius 1 is 0.767 bits per heavy atom. The Kier molecular flexibility index (Phi) is 13.3. The maximum atomic E-state index is 13.9. The van der Waals surface area contributed by atoms with E-state index >= 15 is 0 Å². The third kappa shape index (κ3) is 8.33. The number of aromatic amines is 2. The quantitative estimate of drug-likeness (QED) is 0.102. The zero-order chi connectivity index (χ0) is 43.3. The van der Waals surface area contributed by atoms with Crippen molar-refractivity contribution in [1.29, 1.82) is 0 Å². The first-order chi connectivity index (χ1) is 28.8. The maximum absolute atomic E-state index is 13.9. The monoisotopic (exact) mass is 822 g/mol. The average molecular weight is 823 g/mol. The number of carbonyl (C=O) groups excluding carboxylic acids is 4. The second kappa shape index (κ2) is 18.4. The van der Waals surface area contributed by atoms with Gasteiger partial charge in [-0.3, -0.25) is 19.4 Å². The number of aliphatic hydroxyl groups excluding tert-OH is 3. The molecule has 60 heavy (non-hydrogen) atoms. The number of esters is 4. The highest BCUT2D eigenvalue weighted by Gasteiger charge is 2.53. The predicted molar refractivity (Wildman–Crippen MR) is 224 cm³/mol. The van der Waals surface area contributed by atoms with Crippen LogP contribution in [0.5, 0.6) is 0 Å². The van der Waals surface area contributed by atoms with Gasteiger partial charge >= 0.3 is 23.9 Å². The van der Waals surface area contributed by atoms with Crippen LogP contribution in [0.4, 0.5) is 0 Å². The molecule has 3 aliphatic rings. The first kappa shape index (κ1) is 43.4. The molecule has 0 aromatic carbocycles. The van der Waals surface area contributed by atoms with Crippen LogP contribution in [0.1, 0.15) is 78.1 Å². The van der Waals surface area contributed by atoms with Crippen molar-refractivity contribution in [3.8, 4) is 0 Å². The van der Waals surface area contributed by atoms with Crippen molar-refractivity contribution in [3.05, 3.63) is 93.6 Å². The Morgan fingerprint density at radius 3 is 2.02 bits per heavy atom. The van der Waals surface area contributed by atoms with Crippen LogP contribution < -0.4 is 0 Å². The third-order valence-corrected chi connectivity index (χ3v) is 11.3. The van der Waals surface area contributed by atoms with Gasteiger partial charge in [-0.25, -0.2) is 9.78 Å². The van der Waals surface area contributed by atoms with E-state index in [0.29, 0.717) is 39.4 Å². The Hall–Kier alpha value is -6.16. The molecule has 1 aliphatic carbocycles. The molecule has 0 amide bonds. The number of allylic oxidation sites excluding steroid dienone is 5. The highest BCUT2D eigenvalue weighted by Crippen LogP contribution is 2.52. The number of nitrogens with zero attached hydrogens (tertiary/aromatic N) is 2. The molecule has 0 fully saturated rings. The minimum atomic E-state index is -1.27. The minimum Gasteiger partial charge on any atom is -0.469 e. The summed E-state index contributed by atoms with van der Waals surface area (Å²) in [4.78, 5) is 70.0. The number of methoxy groups -OCH3 is 1. The Labute approximate surface area is 346 Å². The maximum Gasteiger partial charge on any atom is 0.335 e. The summed E-state index contributed by atoms with van der Waals surface area (Å²) in [6, 6.07) is 7.50. The molecule has 0 unspecified atom stereocenters. The van der Waals surface area contributed by atoms with Crippen LogP contribution in [0.3, 0.4) is 0 Å². The zero-order valence-electron chi connectivity index (χ0n) is 34.4. The van der Waals surface area contributed by atoms with Gasteiger partial charge in [-0.1, -0.05) is 24.8 Å². The summed E-state index contributed by atoms with van der Waals surface area (Å²) >= 11 is 0. The molecule has 2 aliphatic heterocycles. The van der Waals surface area contributed by atoms with Gasteiger partial charge in [-0.2, -0.15) is 0 Å². The molecule has 15 heteroatoms. The molecule has 5 N–H and O–H groups in total. The predicted octanol–water partition coefficient (Wildman–Crippen LogP) is 4.90. The second-order valence-corrected chi connectivity index (χ2v) is 14.8. The summed E-state index contributed by atoms with van der Waals surface area (Å²) in [6.07, 6.45) is 5.61. The van der Waals surface area contributed by atoms with Crippen molar-refractivity contribution < 1.29 is 53.4 Å². The number of ether oxygens (including phenoxy) is 4. The molecule has 3 aromatic rings. The normalized spacial score (nSPS) is 17.0. The molecule has 0 saturated carbocycles. The fourth-order valence-electron chi connectivity index (χ4n) is 8.14. The summed E-state index contributed by atoms with van der Waals surface area (Å²) < 4.78 is 21.0. The number of carbonyl (C=O) groups is 4. The van der Waals surface area contributed by atoms with E-state index in [1.807, 2.05) is 52.0 Å². The third-order valence-electron chi connectivity index (χ3n) is 11.3. The molecule has 2 atom stereocenters. The lowest BCUT2D eigenvalue weighted by molar-refractivity contribution is -0.150. The summed E-state index contributed by atoms with van der Waals surface area (Å²) in [7, 11) is 1.25. The number of H-pyrrole nitrogens is 2. The summed E-state index contributed by atoms with van der Waals surface area (Å²) in [6.45, 7) is 10.2. The van der Waals surface area contributed by atoms with Gasteiger partial charge in [0, 0.05) is 40.5 Å². The summed E-state index contributed by atoms with van der Waals surface area (Å²) in [5.74, 6) is -3.62. The fourth-order valence-corrected chi connectivity index (χ4v) is 8.14. The number of rotatable bonds is 15. The summed E-state index contributed by atoms with van der Waals surface area (Å²) in [5, 5.41) is 27.8. The van der Waals surface area contributed by atoms with Crippen LogP contribution in [-0.4, -0.2) is 106 Å². The molecule has 6 rings (SSSR count). The van der Waals surface area contributed by atoms with Crippen LogP contribution in [0.25, 0.3) is 44.9 Å². The highest BCUT2D eigenvalue weighted by atomic mass is 16.6. The van der Waals surface area contributed by atoms with Crippen molar-refractivity contribution >= 4 is 68.7 Å². The lowest BCUT2D eigenvalue weighted by atomic mass is 9.64. The molecule has 0 radical (unpaired) electrons. The number of nitrogens with one attached hydrogen (secondary N) is 2. The van der Waals surface area contributed by atoms with Crippen molar-refractivity contribution in [2.45, 2.75) is 58.8 Å². The van der Waals surface area contributed by atoms with Crippen LogP contribution in [0, 0.1) is 19.8 Å². The largest absolute Gasteiger partial charge is 0.469 e.